The van der Waals surface area contributed by atoms with Crippen LogP contribution in [0.3, 0.4) is 0 Å². The lowest BCUT2D eigenvalue weighted by molar-refractivity contribution is 0.0442. The maximum atomic E-state index is 12.3. The van der Waals surface area contributed by atoms with Crippen molar-refractivity contribution in [2.24, 2.45) is 0 Å². The molecular weight excluding hydrogens is 342 g/mol. The standard InChI is InChI=1S/C16H21N5O3S/c1-2-12-19-21-13(22)8-11(18-14(21)25-12)9-20-6-3-4-16(5-7-20)10-17-15(23)24-16/h8H,2-7,9-10H2,1H3,(H,17,23). The van der Waals surface area contributed by atoms with Gasteiger partial charge in [0.05, 0.1) is 12.2 Å². The van der Waals surface area contributed by atoms with E-state index in [-0.39, 0.29) is 17.3 Å². The predicted octanol–water partition coefficient (Wildman–Crippen LogP) is 1.18. The molecule has 8 nitrogen and oxygen atoms in total. The van der Waals surface area contributed by atoms with Gasteiger partial charge in [0, 0.05) is 25.6 Å². The summed E-state index contributed by atoms with van der Waals surface area (Å²) >= 11 is 1.46. The maximum absolute atomic E-state index is 12.3. The van der Waals surface area contributed by atoms with Crippen LogP contribution < -0.4 is 10.9 Å². The third kappa shape index (κ3) is 3.25. The Bertz CT molecular complexity index is 863. The highest BCUT2D eigenvalue weighted by atomic mass is 32.1. The van der Waals surface area contributed by atoms with Gasteiger partial charge in [0.1, 0.15) is 10.6 Å². The molecule has 2 aromatic rings. The number of likely N-dealkylation sites (tertiary alicyclic amines) is 1. The summed E-state index contributed by atoms with van der Waals surface area (Å²) in [5.41, 5.74) is 0.279. The quantitative estimate of drug-likeness (QED) is 0.881. The fraction of sp³-hybridized carbons (Fsp3) is 0.625. The van der Waals surface area contributed by atoms with Gasteiger partial charge in [-0.25, -0.2) is 9.78 Å². The minimum absolute atomic E-state index is 0.129. The molecule has 2 aromatic heterocycles. The van der Waals surface area contributed by atoms with Crippen molar-refractivity contribution in [3.8, 4) is 0 Å². The number of rotatable bonds is 3. The maximum Gasteiger partial charge on any atom is 0.407 e. The van der Waals surface area contributed by atoms with E-state index in [1.54, 1.807) is 6.07 Å². The Morgan fingerprint density at radius 3 is 3.00 bits per heavy atom. The second-order valence-corrected chi connectivity index (χ2v) is 7.73. The van der Waals surface area contributed by atoms with Crippen molar-refractivity contribution < 1.29 is 9.53 Å². The Kier molecular flexibility index (Phi) is 4.20. The number of carbonyl (C=O) groups is 1. The van der Waals surface area contributed by atoms with Crippen LogP contribution in [0.15, 0.2) is 10.9 Å². The zero-order chi connectivity index (χ0) is 17.4. The smallest absolute Gasteiger partial charge is 0.407 e. The molecule has 25 heavy (non-hydrogen) atoms. The molecule has 0 bridgehead atoms. The van der Waals surface area contributed by atoms with Crippen LogP contribution in [0.4, 0.5) is 4.79 Å². The van der Waals surface area contributed by atoms with Crippen LogP contribution in [0, 0.1) is 0 Å². The number of carbonyl (C=O) groups excluding carboxylic acids is 1. The monoisotopic (exact) mass is 363 g/mol. The molecule has 134 valence electrons. The molecule has 1 unspecified atom stereocenters. The average Bonchev–Trinajstić information content (AvgIpc) is 3.10. The lowest BCUT2D eigenvalue weighted by atomic mass is 9.95. The molecule has 0 aromatic carbocycles. The number of fused-ring (bicyclic) bond motifs is 1. The van der Waals surface area contributed by atoms with Crippen molar-refractivity contribution in [1.82, 2.24) is 24.8 Å². The fourth-order valence-corrected chi connectivity index (χ4v) is 4.37. The summed E-state index contributed by atoms with van der Waals surface area (Å²) in [6.07, 6.45) is 3.10. The summed E-state index contributed by atoms with van der Waals surface area (Å²) in [7, 11) is 0. The van der Waals surface area contributed by atoms with Crippen molar-refractivity contribution >= 4 is 22.4 Å². The second-order valence-electron chi connectivity index (χ2n) is 6.69. The second kappa shape index (κ2) is 6.38. The van der Waals surface area contributed by atoms with E-state index in [2.05, 4.69) is 20.3 Å². The summed E-state index contributed by atoms with van der Waals surface area (Å²) in [5, 5.41) is 7.96. The number of nitrogens with one attached hydrogen (secondary N) is 1. The van der Waals surface area contributed by atoms with Gasteiger partial charge in [-0.3, -0.25) is 9.69 Å². The minimum Gasteiger partial charge on any atom is -0.441 e. The van der Waals surface area contributed by atoms with Crippen LogP contribution in [-0.2, 0) is 17.7 Å². The predicted molar refractivity (Wildman–Crippen MR) is 92.9 cm³/mol. The fourth-order valence-electron chi connectivity index (χ4n) is 3.51. The minimum atomic E-state index is -0.365. The molecule has 0 aliphatic carbocycles. The van der Waals surface area contributed by atoms with Crippen molar-refractivity contribution in [1.29, 1.82) is 0 Å². The number of aryl methyl sites for hydroxylation is 1. The molecule has 2 aliphatic heterocycles. The Morgan fingerprint density at radius 2 is 2.24 bits per heavy atom. The summed E-state index contributed by atoms with van der Waals surface area (Å²) in [6.45, 7) is 4.96. The Balaban J connectivity index is 1.49. The van der Waals surface area contributed by atoms with Crippen LogP contribution >= 0.6 is 11.3 Å². The zero-order valence-corrected chi connectivity index (χ0v) is 15.0. The first-order chi connectivity index (χ1) is 12.1. The Hall–Kier alpha value is -2.00. The Labute approximate surface area is 148 Å². The van der Waals surface area contributed by atoms with Crippen LogP contribution in [0.2, 0.25) is 0 Å². The molecule has 4 heterocycles. The lowest BCUT2D eigenvalue weighted by Gasteiger charge is -2.24. The highest BCUT2D eigenvalue weighted by molar-refractivity contribution is 7.16. The van der Waals surface area contributed by atoms with E-state index >= 15 is 0 Å². The first kappa shape index (κ1) is 16.5. The number of amides is 1. The number of alkyl carbamates (subject to hydrolysis) is 1. The van der Waals surface area contributed by atoms with E-state index in [0.29, 0.717) is 18.1 Å². The molecule has 2 saturated heterocycles. The van der Waals surface area contributed by atoms with E-state index in [9.17, 15) is 9.59 Å². The lowest BCUT2D eigenvalue weighted by Crippen LogP contribution is -2.35. The SMILES string of the molecule is CCc1nn2c(=O)cc(CN3CCCC4(CC3)CNC(=O)O4)nc2s1. The highest BCUT2D eigenvalue weighted by Crippen LogP contribution is 2.29. The third-order valence-electron chi connectivity index (χ3n) is 4.88. The van der Waals surface area contributed by atoms with Gasteiger partial charge in [0.25, 0.3) is 5.56 Å². The summed E-state index contributed by atoms with van der Waals surface area (Å²) in [5.74, 6) is 0. The zero-order valence-electron chi connectivity index (χ0n) is 14.2. The van der Waals surface area contributed by atoms with Gasteiger partial charge in [0.2, 0.25) is 4.96 Å². The van der Waals surface area contributed by atoms with E-state index < -0.39 is 0 Å². The van der Waals surface area contributed by atoms with Crippen molar-refractivity contribution in [2.75, 3.05) is 19.6 Å². The number of hydrogen-bond donors (Lipinski definition) is 1. The molecule has 1 spiro atoms. The van der Waals surface area contributed by atoms with E-state index in [4.69, 9.17) is 4.74 Å². The average molecular weight is 363 g/mol. The molecule has 2 fully saturated rings. The molecule has 1 atom stereocenters. The molecule has 2 aliphatic rings. The first-order valence-corrected chi connectivity index (χ1v) is 9.46. The van der Waals surface area contributed by atoms with Gasteiger partial charge in [-0.05, 0) is 25.8 Å². The van der Waals surface area contributed by atoms with Crippen molar-refractivity contribution in [3.05, 3.63) is 27.1 Å². The van der Waals surface area contributed by atoms with Crippen LogP contribution in [0.5, 0.6) is 0 Å². The van der Waals surface area contributed by atoms with Gasteiger partial charge in [-0.2, -0.15) is 9.61 Å². The molecule has 1 amide bonds. The van der Waals surface area contributed by atoms with Gasteiger partial charge in [-0.1, -0.05) is 18.3 Å². The Morgan fingerprint density at radius 1 is 1.36 bits per heavy atom. The normalized spacial score (nSPS) is 24.4. The number of nitrogens with zero attached hydrogens (tertiary/aromatic N) is 4. The van der Waals surface area contributed by atoms with E-state index in [0.717, 1.165) is 49.5 Å². The van der Waals surface area contributed by atoms with Crippen LogP contribution in [0.1, 0.15) is 36.9 Å². The first-order valence-electron chi connectivity index (χ1n) is 8.65. The number of ether oxygens (including phenoxy) is 1. The summed E-state index contributed by atoms with van der Waals surface area (Å²) in [6, 6.07) is 1.57. The number of hydrogen-bond acceptors (Lipinski definition) is 7. The third-order valence-corrected chi connectivity index (χ3v) is 5.94. The van der Waals surface area contributed by atoms with Gasteiger partial charge >= 0.3 is 6.09 Å². The molecule has 0 radical (unpaired) electrons. The van der Waals surface area contributed by atoms with E-state index in [1.807, 2.05) is 6.92 Å². The molecule has 9 heteroatoms. The molecule has 1 N–H and O–H groups in total. The highest BCUT2D eigenvalue weighted by Gasteiger charge is 2.41. The van der Waals surface area contributed by atoms with Crippen molar-refractivity contribution in [3.63, 3.8) is 0 Å². The largest absolute Gasteiger partial charge is 0.441 e. The van der Waals surface area contributed by atoms with Gasteiger partial charge in [-0.15, -0.1) is 0 Å². The van der Waals surface area contributed by atoms with Gasteiger partial charge in [0.15, 0.2) is 0 Å². The van der Waals surface area contributed by atoms with Crippen molar-refractivity contribution in [2.45, 2.75) is 44.8 Å². The molecule has 4 rings (SSSR count). The van der Waals surface area contributed by atoms with Gasteiger partial charge < -0.3 is 10.1 Å². The number of aromatic nitrogens is 3. The molecular formula is C16H21N5O3S. The molecule has 0 saturated carbocycles. The van der Waals surface area contributed by atoms with E-state index in [1.165, 1.54) is 15.9 Å². The van der Waals surface area contributed by atoms with Crippen LogP contribution in [-0.4, -0.2) is 50.8 Å². The summed E-state index contributed by atoms with van der Waals surface area (Å²) in [4.78, 5) is 31.2. The topological polar surface area (TPSA) is 88.8 Å². The summed E-state index contributed by atoms with van der Waals surface area (Å²) < 4.78 is 6.89. The van der Waals surface area contributed by atoms with Crippen LogP contribution in [0.25, 0.3) is 4.96 Å².